The van der Waals surface area contributed by atoms with Crippen molar-refractivity contribution in [3.63, 3.8) is 0 Å². The molecule has 2 N–H and O–H groups in total. The summed E-state index contributed by atoms with van der Waals surface area (Å²) < 4.78 is 5.70. The lowest BCUT2D eigenvalue weighted by atomic mass is 9.91. The summed E-state index contributed by atoms with van der Waals surface area (Å²) in [5.74, 6) is 1.56. The highest BCUT2D eigenvalue weighted by Gasteiger charge is 2.35. The number of nitrogens with one attached hydrogen (secondary N) is 2. The summed E-state index contributed by atoms with van der Waals surface area (Å²) in [6.07, 6.45) is 5.16. The Hall–Kier alpha value is -3.46. The van der Waals surface area contributed by atoms with E-state index in [0.29, 0.717) is 50.7 Å². The molecule has 3 heterocycles. The van der Waals surface area contributed by atoms with Crippen molar-refractivity contribution >= 4 is 23.4 Å². The lowest BCUT2D eigenvalue weighted by molar-refractivity contribution is -0.131. The normalized spacial score (nSPS) is 19.1. The Bertz CT molecular complexity index is 1210. The molecule has 9 nitrogen and oxygen atoms in total. The predicted molar refractivity (Wildman–Crippen MR) is 159 cm³/mol. The first kappa shape index (κ1) is 29.5. The average molecular weight is 549 g/mol. The van der Waals surface area contributed by atoms with Crippen LogP contribution in [0, 0.1) is 5.41 Å². The summed E-state index contributed by atoms with van der Waals surface area (Å²) in [4.78, 5) is 39.2. The van der Waals surface area contributed by atoms with Gasteiger partial charge in [0.15, 0.2) is 5.82 Å². The standard InChI is InChI=1S/C31H44N6O3/c1-7-9-26-27-25(14-17-37(26)22(3)38)29(36-18-19-40-20-21(36)2)35-28(34-27)23-10-12-24(13-11-23)33-30(39)32-16-8-15-31(4,5)6/h7,10-13,21,26H,1,8-9,14-20H2,2-6H3,(H2,32,33,39). The Kier molecular flexibility index (Phi) is 9.45. The van der Waals surface area contributed by atoms with Crippen LogP contribution in [0.5, 0.6) is 0 Å². The Balaban J connectivity index is 1.60. The molecule has 9 heteroatoms. The zero-order valence-corrected chi connectivity index (χ0v) is 24.6. The van der Waals surface area contributed by atoms with Gasteiger partial charge in [-0.05, 0) is 62.3 Å². The number of hydrogen-bond acceptors (Lipinski definition) is 6. The van der Waals surface area contributed by atoms with Gasteiger partial charge in [0.1, 0.15) is 5.82 Å². The number of fused-ring (bicyclic) bond motifs is 1. The number of ether oxygens (including phenoxy) is 1. The third-order valence-electron chi connectivity index (χ3n) is 7.54. The summed E-state index contributed by atoms with van der Waals surface area (Å²) >= 11 is 0. The maximum atomic E-state index is 12.5. The number of aromatic nitrogens is 2. The molecule has 1 fully saturated rings. The van der Waals surface area contributed by atoms with E-state index in [4.69, 9.17) is 14.7 Å². The molecule has 2 aliphatic heterocycles. The lowest BCUT2D eigenvalue weighted by Crippen LogP contribution is -2.46. The van der Waals surface area contributed by atoms with Crippen molar-refractivity contribution in [1.29, 1.82) is 0 Å². The number of carbonyl (C=O) groups is 2. The van der Waals surface area contributed by atoms with Crippen LogP contribution >= 0.6 is 0 Å². The van der Waals surface area contributed by atoms with Crippen molar-refractivity contribution < 1.29 is 14.3 Å². The fourth-order valence-corrected chi connectivity index (χ4v) is 5.42. The molecule has 2 unspecified atom stereocenters. The Morgan fingerprint density at radius 2 is 1.93 bits per heavy atom. The van der Waals surface area contributed by atoms with Gasteiger partial charge >= 0.3 is 6.03 Å². The van der Waals surface area contributed by atoms with Crippen LogP contribution < -0.4 is 15.5 Å². The second-order valence-corrected chi connectivity index (χ2v) is 12.0. The van der Waals surface area contributed by atoms with Crippen molar-refractivity contribution in [2.75, 3.05) is 43.1 Å². The van der Waals surface area contributed by atoms with Gasteiger partial charge in [-0.1, -0.05) is 26.8 Å². The molecule has 2 atom stereocenters. The van der Waals surface area contributed by atoms with Crippen LogP contribution in [0.25, 0.3) is 11.4 Å². The second kappa shape index (κ2) is 12.8. The van der Waals surface area contributed by atoms with Crippen molar-refractivity contribution in [2.45, 2.75) is 72.4 Å². The molecule has 2 aliphatic rings. The summed E-state index contributed by atoms with van der Waals surface area (Å²) in [6.45, 7) is 17.6. The highest BCUT2D eigenvalue weighted by atomic mass is 16.5. The molecule has 4 rings (SSSR count). The van der Waals surface area contributed by atoms with Gasteiger partial charge in [-0.15, -0.1) is 6.58 Å². The third-order valence-corrected chi connectivity index (χ3v) is 7.54. The number of amides is 3. The van der Waals surface area contributed by atoms with E-state index in [1.807, 2.05) is 35.2 Å². The molecule has 1 saturated heterocycles. The van der Waals surface area contributed by atoms with Crippen LogP contribution in [0.15, 0.2) is 36.9 Å². The Morgan fingerprint density at radius 1 is 1.18 bits per heavy atom. The summed E-state index contributed by atoms with van der Waals surface area (Å²) in [5, 5.41) is 5.84. The maximum Gasteiger partial charge on any atom is 0.319 e. The van der Waals surface area contributed by atoms with Crippen LogP contribution in [0.2, 0.25) is 0 Å². The van der Waals surface area contributed by atoms with Crippen LogP contribution in [0.3, 0.4) is 0 Å². The summed E-state index contributed by atoms with van der Waals surface area (Å²) in [6, 6.07) is 7.37. The molecule has 216 valence electrons. The smallest absolute Gasteiger partial charge is 0.319 e. The molecular formula is C31H44N6O3. The monoisotopic (exact) mass is 548 g/mol. The fraction of sp³-hybridized carbons (Fsp3) is 0.548. The zero-order chi connectivity index (χ0) is 28.9. The van der Waals surface area contributed by atoms with E-state index >= 15 is 0 Å². The molecular weight excluding hydrogens is 504 g/mol. The van der Waals surface area contributed by atoms with Gasteiger partial charge in [0.25, 0.3) is 0 Å². The number of nitrogens with zero attached hydrogens (tertiary/aromatic N) is 4. The van der Waals surface area contributed by atoms with E-state index in [0.717, 1.165) is 42.0 Å². The van der Waals surface area contributed by atoms with Gasteiger partial charge < -0.3 is 25.2 Å². The van der Waals surface area contributed by atoms with E-state index < -0.39 is 0 Å². The fourth-order valence-electron chi connectivity index (χ4n) is 5.42. The van der Waals surface area contributed by atoms with Crippen LogP contribution in [0.4, 0.5) is 16.3 Å². The molecule has 0 spiro atoms. The molecule has 0 aliphatic carbocycles. The first-order chi connectivity index (χ1) is 19.1. The first-order valence-electron chi connectivity index (χ1n) is 14.4. The molecule has 0 bridgehead atoms. The van der Waals surface area contributed by atoms with Gasteiger partial charge in [-0.3, -0.25) is 4.79 Å². The Morgan fingerprint density at radius 3 is 2.58 bits per heavy atom. The van der Waals surface area contributed by atoms with Gasteiger partial charge in [0.05, 0.1) is 31.0 Å². The number of urea groups is 1. The predicted octanol–water partition coefficient (Wildman–Crippen LogP) is 5.34. The van der Waals surface area contributed by atoms with Crippen LogP contribution in [-0.4, -0.2) is 65.7 Å². The maximum absolute atomic E-state index is 12.5. The molecule has 1 aromatic carbocycles. The zero-order valence-electron chi connectivity index (χ0n) is 24.6. The van der Waals surface area contributed by atoms with Gasteiger partial charge in [0, 0.05) is 43.4 Å². The third kappa shape index (κ3) is 7.18. The minimum Gasteiger partial charge on any atom is -0.377 e. The van der Waals surface area contributed by atoms with E-state index in [9.17, 15) is 9.59 Å². The first-order valence-corrected chi connectivity index (χ1v) is 14.4. The molecule has 1 aromatic heterocycles. The minimum absolute atomic E-state index is 0.0334. The number of anilines is 2. The molecule has 2 aromatic rings. The molecule has 40 heavy (non-hydrogen) atoms. The van der Waals surface area contributed by atoms with Crippen molar-refractivity contribution in [3.05, 3.63) is 48.2 Å². The molecule has 3 amide bonds. The molecule has 0 saturated carbocycles. The van der Waals surface area contributed by atoms with Crippen molar-refractivity contribution in [3.8, 4) is 11.4 Å². The minimum atomic E-state index is -0.216. The highest BCUT2D eigenvalue weighted by molar-refractivity contribution is 5.89. The number of carbonyl (C=O) groups excluding carboxylic acids is 2. The molecule has 0 radical (unpaired) electrons. The van der Waals surface area contributed by atoms with E-state index in [1.54, 1.807) is 6.92 Å². The average Bonchev–Trinajstić information content (AvgIpc) is 2.91. The van der Waals surface area contributed by atoms with Crippen molar-refractivity contribution in [1.82, 2.24) is 20.2 Å². The van der Waals surface area contributed by atoms with Gasteiger partial charge in [-0.25, -0.2) is 14.8 Å². The van der Waals surface area contributed by atoms with Crippen molar-refractivity contribution in [2.24, 2.45) is 5.41 Å². The largest absolute Gasteiger partial charge is 0.377 e. The van der Waals surface area contributed by atoms with Crippen LogP contribution in [-0.2, 0) is 16.0 Å². The number of hydrogen-bond donors (Lipinski definition) is 2. The topological polar surface area (TPSA) is 99.7 Å². The van der Waals surface area contributed by atoms with Gasteiger partial charge in [-0.2, -0.15) is 0 Å². The number of benzene rings is 1. The van der Waals surface area contributed by atoms with Crippen LogP contribution in [0.1, 0.15) is 71.2 Å². The number of rotatable bonds is 8. The van der Waals surface area contributed by atoms with E-state index in [1.165, 1.54) is 0 Å². The van der Waals surface area contributed by atoms with E-state index in [2.05, 4.69) is 49.8 Å². The van der Waals surface area contributed by atoms with E-state index in [-0.39, 0.29) is 29.4 Å². The lowest BCUT2D eigenvalue weighted by Gasteiger charge is -2.40. The summed E-state index contributed by atoms with van der Waals surface area (Å²) in [5.41, 5.74) is 3.78. The highest BCUT2D eigenvalue weighted by Crippen LogP contribution is 2.38. The second-order valence-electron chi connectivity index (χ2n) is 12.0. The van der Waals surface area contributed by atoms with Gasteiger partial charge in [0.2, 0.25) is 5.91 Å². The summed E-state index contributed by atoms with van der Waals surface area (Å²) in [7, 11) is 0. The quantitative estimate of drug-likeness (QED) is 0.341. The number of morpholine rings is 1. The Labute approximate surface area is 238 Å². The SMILES string of the molecule is C=CCC1c2nc(-c3ccc(NC(=O)NCCCC(C)(C)C)cc3)nc(N3CCOCC3C)c2CCN1C(C)=O.